The van der Waals surface area contributed by atoms with Crippen LogP contribution in [0.25, 0.3) is 0 Å². The average molecular weight is 745 g/mol. The number of esters is 1. The number of hydrogen-bond acceptors (Lipinski definition) is 9. The Balaban J connectivity index is 1.37. The lowest BCUT2D eigenvalue weighted by Crippen LogP contribution is -2.75. The largest absolute Gasteiger partial charge is 0.457 e. The van der Waals surface area contributed by atoms with Crippen molar-refractivity contribution in [2.24, 2.45) is 23.7 Å². The highest BCUT2D eigenvalue weighted by Crippen LogP contribution is 2.73. The lowest BCUT2D eigenvalue weighted by Gasteiger charge is -2.61. The Hall–Kier alpha value is -2.67. The number of rotatable bonds is 7. The molecule has 12 atom stereocenters. The SMILES string of the molecule is C=C(C)[C@@]12OC3(c4ccccc4)O[C@@H]1[C@@H]1C=C(COC(=O)c4ccccc4)[C@H]4OC(C)(C)O[C@@]45[C@@H](C[C@H](C)[C@@H]5O[Si](C)(C)C(C)(C)C)[C@@]1(O3)[C@H](C)[C@H]2O. The highest BCUT2D eigenvalue weighted by molar-refractivity contribution is 6.74. The van der Waals surface area contributed by atoms with Crippen molar-refractivity contribution < 1.29 is 42.7 Å². The molecular weight excluding hydrogens is 689 g/mol. The van der Waals surface area contributed by atoms with Crippen molar-refractivity contribution >= 4 is 14.3 Å². The second-order valence-corrected chi connectivity index (χ2v) is 23.2. The molecule has 53 heavy (non-hydrogen) atoms. The molecule has 3 aliphatic heterocycles. The van der Waals surface area contributed by atoms with Gasteiger partial charge in [0.25, 0.3) is 0 Å². The first-order chi connectivity index (χ1) is 24.8. The number of aliphatic hydroxyl groups excluding tert-OH is 1. The molecule has 3 heterocycles. The van der Waals surface area contributed by atoms with Gasteiger partial charge in [0, 0.05) is 23.3 Å². The monoisotopic (exact) mass is 744 g/mol. The van der Waals surface area contributed by atoms with E-state index in [0.717, 1.165) is 5.57 Å². The molecule has 8 rings (SSSR count). The molecule has 2 aromatic rings. The fourth-order valence-electron chi connectivity index (χ4n) is 10.5. The lowest BCUT2D eigenvalue weighted by molar-refractivity contribution is -0.438. The van der Waals surface area contributed by atoms with Crippen LogP contribution in [0.3, 0.4) is 0 Å². The standard InChI is InChI=1S/C43H56O9Si/c1-25(2)40-33(44)27(4)41-31(36(40)48-43(51-40,52-41)30-20-16-13-17-21-30)23-29(24-46-37(45)28-18-14-12-15-19-28)35-42(50-39(8,9)47-35)32(41)22-26(3)34(42)49-53(10,11)38(5,6)7/h12-21,23,26-27,31-36,44H,1,22,24H2,2-11H3/t26-,27+,31-,32-,33+,34-,35+,36+,40-,41+,42+,43?/m0/s1. The molecule has 5 fully saturated rings. The molecule has 0 amide bonds. The van der Waals surface area contributed by atoms with Gasteiger partial charge in [-0.05, 0) is 74.5 Å². The number of benzene rings is 2. The van der Waals surface area contributed by atoms with Crippen LogP contribution in [-0.2, 0) is 38.8 Å². The first-order valence-electron chi connectivity index (χ1n) is 19.2. The fourth-order valence-corrected chi connectivity index (χ4v) is 11.9. The van der Waals surface area contributed by atoms with Gasteiger partial charge in [0.05, 0.1) is 23.4 Å². The van der Waals surface area contributed by atoms with E-state index in [1.165, 1.54) is 0 Å². The molecule has 1 unspecified atom stereocenters. The summed E-state index contributed by atoms with van der Waals surface area (Å²) >= 11 is 0. The van der Waals surface area contributed by atoms with Crippen molar-refractivity contribution in [1.82, 2.24) is 0 Å². The van der Waals surface area contributed by atoms with Crippen molar-refractivity contribution in [3.63, 3.8) is 0 Å². The number of carbonyl (C=O) groups is 1. The highest BCUT2D eigenvalue weighted by Gasteiger charge is 2.85. The van der Waals surface area contributed by atoms with Crippen LogP contribution in [-0.4, -0.2) is 73.0 Å². The zero-order valence-corrected chi connectivity index (χ0v) is 33.8. The third kappa shape index (κ3) is 5.02. The predicted octanol–water partition coefficient (Wildman–Crippen LogP) is 7.66. The molecule has 10 heteroatoms. The van der Waals surface area contributed by atoms with Crippen LogP contribution in [0.15, 0.2) is 84.5 Å². The van der Waals surface area contributed by atoms with Crippen molar-refractivity contribution in [3.05, 3.63) is 95.6 Å². The van der Waals surface area contributed by atoms with Gasteiger partial charge in [-0.1, -0.05) is 95.8 Å². The van der Waals surface area contributed by atoms with Crippen LogP contribution in [0.2, 0.25) is 18.1 Å². The second-order valence-electron chi connectivity index (χ2n) is 18.5. The molecule has 6 aliphatic rings. The minimum Gasteiger partial charge on any atom is -0.457 e. The maximum Gasteiger partial charge on any atom is 0.338 e. The van der Waals surface area contributed by atoms with Crippen molar-refractivity contribution in [3.8, 4) is 0 Å². The first kappa shape index (κ1) is 37.3. The molecule has 0 aromatic heterocycles. The van der Waals surface area contributed by atoms with Crippen LogP contribution in [0, 0.1) is 23.7 Å². The van der Waals surface area contributed by atoms with Gasteiger partial charge in [0.1, 0.15) is 30.0 Å². The van der Waals surface area contributed by atoms with E-state index < -0.39 is 79.1 Å². The van der Waals surface area contributed by atoms with Gasteiger partial charge in [-0.25, -0.2) is 4.79 Å². The normalized spacial score (nSPS) is 42.3. The molecular formula is C43H56O9Si. The van der Waals surface area contributed by atoms with E-state index in [0.29, 0.717) is 23.1 Å². The number of aliphatic hydroxyl groups is 1. The Labute approximate surface area is 315 Å². The van der Waals surface area contributed by atoms with Crippen LogP contribution < -0.4 is 0 Å². The maximum absolute atomic E-state index is 13.5. The van der Waals surface area contributed by atoms with E-state index in [1.54, 1.807) is 12.1 Å². The summed E-state index contributed by atoms with van der Waals surface area (Å²) in [7, 11) is -2.42. The Morgan fingerprint density at radius 1 is 0.962 bits per heavy atom. The number of carbonyl (C=O) groups excluding carboxylic acids is 1. The summed E-state index contributed by atoms with van der Waals surface area (Å²) in [6.45, 7) is 25.7. The Morgan fingerprint density at radius 2 is 1.60 bits per heavy atom. The number of ether oxygens (including phenoxy) is 6. The molecule has 2 aromatic carbocycles. The lowest BCUT2D eigenvalue weighted by atomic mass is 9.53. The van der Waals surface area contributed by atoms with Crippen LogP contribution in [0.5, 0.6) is 0 Å². The smallest absolute Gasteiger partial charge is 0.338 e. The summed E-state index contributed by atoms with van der Waals surface area (Å²) in [4.78, 5) is 13.5. The van der Waals surface area contributed by atoms with Crippen molar-refractivity contribution in [1.29, 1.82) is 0 Å². The minimum absolute atomic E-state index is 0.0187. The van der Waals surface area contributed by atoms with Crippen molar-refractivity contribution in [2.45, 2.75) is 133 Å². The van der Waals surface area contributed by atoms with Gasteiger partial charge >= 0.3 is 11.9 Å². The van der Waals surface area contributed by atoms with Gasteiger partial charge in [0.2, 0.25) is 0 Å². The fraction of sp³-hybridized carbons (Fsp3) is 0.605. The van der Waals surface area contributed by atoms with E-state index in [2.05, 4.69) is 60.4 Å². The van der Waals surface area contributed by atoms with Crippen LogP contribution in [0.4, 0.5) is 0 Å². The van der Waals surface area contributed by atoms with E-state index >= 15 is 0 Å². The predicted molar refractivity (Wildman–Crippen MR) is 201 cm³/mol. The molecule has 3 aliphatic carbocycles. The third-order valence-corrected chi connectivity index (χ3v) is 18.3. The highest BCUT2D eigenvalue weighted by atomic mass is 28.4. The average Bonchev–Trinajstić information content (AvgIpc) is 3.63. The molecule has 3 saturated heterocycles. The molecule has 9 nitrogen and oxygen atoms in total. The topological polar surface area (TPSA) is 102 Å². The molecule has 3 bridgehead atoms. The van der Waals surface area contributed by atoms with Gasteiger partial charge in [-0.2, -0.15) is 0 Å². The zero-order chi connectivity index (χ0) is 38.1. The first-order valence-corrected chi connectivity index (χ1v) is 22.1. The number of fused-ring (bicyclic) bond motifs is 1. The molecule has 1 N–H and O–H groups in total. The molecule has 0 radical (unpaired) electrons. The Kier molecular flexibility index (Phi) is 8.38. The third-order valence-electron chi connectivity index (χ3n) is 13.8. The Morgan fingerprint density at radius 3 is 2.23 bits per heavy atom. The summed E-state index contributed by atoms with van der Waals surface area (Å²) < 4.78 is 49.9. The molecule has 2 saturated carbocycles. The quantitative estimate of drug-likeness (QED) is 0.174. The van der Waals surface area contributed by atoms with Crippen LogP contribution in [0.1, 0.15) is 77.7 Å². The molecule has 1 spiro atoms. The van der Waals surface area contributed by atoms with Crippen molar-refractivity contribution in [2.75, 3.05) is 6.61 Å². The Bertz CT molecular complexity index is 1820. The van der Waals surface area contributed by atoms with Gasteiger partial charge in [-0.3, -0.25) is 0 Å². The van der Waals surface area contributed by atoms with E-state index in [1.807, 2.05) is 69.3 Å². The van der Waals surface area contributed by atoms with Crippen LogP contribution >= 0.6 is 0 Å². The maximum atomic E-state index is 13.5. The summed E-state index contributed by atoms with van der Waals surface area (Å²) in [5, 5.41) is 12.6. The van der Waals surface area contributed by atoms with E-state index in [4.69, 9.17) is 32.8 Å². The van der Waals surface area contributed by atoms with Gasteiger partial charge in [-0.15, -0.1) is 0 Å². The van der Waals surface area contributed by atoms with Gasteiger partial charge < -0.3 is 38.0 Å². The van der Waals surface area contributed by atoms with E-state index in [9.17, 15) is 9.90 Å². The molecule has 286 valence electrons. The second kappa shape index (κ2) is 11.9. The summed E-state index contributed by atoms with van der Waals surface area (Å²) in [6.07, 6.45) is 0.0184. The summed E-state index contributed by atoms with van der Waals surface area (Å²) in [6, 6.07) is 18.7. The number of hydrogen-bond donors (Lipinski definition) is 1. The summed E-state index contributed by atoms with van der Waals surface area (Å²) in [5.41, 5.74) is -0.924. The zero-order valence-electron chi connectivity index (χ0n) is 32.8. The van der Waals surface area contributed by atoms with Gasteiger partial charge in [0.15, 0.2) is 14.1 Å². The minimum atomic E-state index is -2.42. The van der Waals surface area contributed by atoms with E-state index in [-0.39, 0.29) is 23.5 Å². The summed E-state index contributed by atoms with van der Waals surface area (Å²) in [5.74, 6) is -4.38.